The van der Waals surface area contributed by atoms with Crippen LogP contribution in [0.15, 0.2) is 28.7 Å². The number of furan rings is 1. The van der Waals surface area contributed by atoms with Crippen LogP contribution in [0.25, 0.3) is 11.0 Å². The van der Waals surface area contributed by atoms with Gasteiger partial charge in [-0.15, -0.1) is 0 Å². The third kappa shape index (κ3) is 2.81. The van der Waals surface area contributed by atoms with Gasteiger partial charge in [0.15, 0.2) is 0 Å². The number of likely N-dealkylation sites (tertiary alicyclic amines) is 1. The molecule has 1 N–H and O–H groups in total. The van der Waals surface area contributed by atoms with E-state index in [2.05, 4.69) is 11.8 Å². The lowest BCUT2D eigenvalue weighted by Gasteiger charge is -2.31. The number of benzene rings is 1. The Morgan fingerprint density at radius 3 is 3.00 bits per heavy atom. The molecule has 112 valence electrons. The van der Waals surface area contributed by atoms with Crippen molar-refractivity contribution in [3.05, 3.63) is 35.6 Å². The average molecular weight is 287 g/mol. The molecule has 1 aromatic carbocycles. The van der Waals surface area contributed by atoms with Crippen molar-refractivity contribution in [1.29, 1.82) is 0 Å². The van der Waals surface area contributed by atoms with Crippen LogP contribution in [-0.2, 0) is 6.54 Å². The molecule has 0 radical (unpaired) electrons. The summed E-state index contributed by atoms with van der Waals surface area (Å²) >= 11 is 0. The summed E-state index contributed by atoms with van der Waals surface area (Å²) in [5.74, 6) is 0.399. The summed E-state index contributed by atoms with van der Waals surface area (Å²) in [6.45, 7) is 4.87. The van der Waals surface area contributed by atoms with E-state index in [9.17, 15) is 9.90 Å². The average Bonchev–Trinajstić information content (AvgIpc) is 2.85. The molecule has 1 atom stereocenters. The van der Waals surface area contributed by atoms with Crippen molar-refractivity contribution in [2.75, 3.05) is 13.1 Å². The van der Waals surface area contributed by atoms with E-state index in [4.69, 9.17) is 4.42 Å². The fraction of sp³-hybridized carbons (Fsp3) is 0.471. The van der Waals surface area contributed by atoms with E-state index in [1.165, 1.54) is 19.3 Å². The van der Waals surface area contributed by atoms with Crippen LogP contribution in [0, 0.1) is 5.92 Å². The Hall–Kier alpha value is -1.81. The molecule has 1 fully saturated rings. The standard InChI is InChI=1S/C17H21NO3/c1-2-12-6-5-9-18(10-12)11-15-16(17(19)20)13-7-3-4-8-14(13)21-15/h3-4,7-8,12H,2,5-6,9-11H2,1H3,(H,19,20). The molecule has 2 aromatic rings. The predicted molar refractivity (Wildman–Crippen MR) is 81.5 cm³/mol. The molecule has 0 spiro atoms. The Kier molecular flexibility index (Phi) is 3.97. The molecule has 4 heteroatoms. The molecule has 1 unspecified atom stereocenters. The van der Waals surface area contributed by atoms with Crippen LogP contribution in [-0.4, -0.2) is 29.1 Å². The fourth-order valence-corrected chi connectivity index (χ4v) is 3.27. The topological polar surface area (TPSA) is 53.7 Å². The van der Waals surface area contributed by atoms with Gasteiger partial charge in [-0.25, -0.2) is 4.79 Å². The SMILES string of the molecule is CCC1CCCN(Cc2oc3ccccc3c2C(=O)O)C1. The van der Waals surface area contributed by atoms with E-state index >= 15 is 0 Å². The largest absolute Gasteiger partial charge is 0.478 e. The van der Waals surface area contributed by atoms with Crippen LogP contribution in [0.2, 0.25) is 0 Å². The number of para-hydroxylation sites is 1. The summed E-state index contributed by atoms with van der Waals surface area (Å²) in [4.78, 5) is 13.9. The van der Waals surface area contributed by atoms with Crippen molar-refractivity contribution in [3.8, 4) is 0 Å². The molecular weight excluding hydrogens is 266 g/mol. The van der Waals surface area contributed by atoms with E-state index in [1.54, 1.807) is 0 Å². The Balaban J connectivity index is 1.89. The maximum absolute atomic E-state index is 11.6. The molecule has 4 nitrogen and oxygen atoms in total. The zero-order valence-corrected chi connectivity index (χ0v) is 12.3. The number of fused-ring (bicyclic) bond motifs is 1. The van der Waals surface area contributed by atoms with Crippen LogP contribution >= 0.6 is 0 Å². The Bertz CT molecular complexity index is 647. The third-order valence-corrected chi connectivity index (χ3v) is 4.43. The second-order valence-electron chi connectivity index (χ2n) is 5.85. The first-order valence-corrected chi connectivity index (χ1v) is 7.65. The monoisotopic (exact) mass is 287 g/mol. The van der Waals surface area contributed by atoms with Crippen LogP contribution in [0.5, 0.6) is 0 Å². The van der Waals surface area contributed by atoms with Gasteiger partial charge in [0.2, 0.25) is 0 Å². The number of carboxylic acid groups (broad SMARTS) is 1. The van der Waals surface area contributed by atoms with Gasteiger partial charge >= 0.3 is 5.97 Å². The Labute approximate surface area is 124 Å². The normalized spacial score (nSPS) is 20.0. The minimum Gasteiger partial charge on any atom is -0.478 e. The van der Waals surface area contributed by atoms with Crippen LogP contribution in [0.3, 0.4) is 0 Å². The summed E-state index contributed by atoms with van der Waals surface area (Å²) in [5, 5.41) is 10.2. The van der Waals surface area contributed by atoms with Gasteiger partial charge in [0, 0.05) is 11.9 Å². The lowest BCUT2D eigenvalue weighted by molar-refractivity contribution is 0.0693. The molecule has 1 saturated heterocycles. The smallest absolute Gasteiger partial charge is 0.339 e. The quantitative estimate of drug-likeness (QED) is 0.930. The highest BCUT2D eigenvalue weighted by atomic mass is 16.4. The van der Waals surface area contributed by atoms with E-state index in [0.29, 0.717) is 28.8 Å². The molecule has 0 amide bonds. The van der Waals surface area contributed by atoms with Gasteiger partial charge in [-0.05, 0) is 31.4 Å². The number of hydrogen-bond donors (Lipinski definition) is 1. The van der Waals surface area contributed by atoms with Crippen LogP contribution < -0.4 is 0 Å². The third-order valence-electron chi connectivity index (χ3n) is 4.43. The number of piperidine rings is 1. The summed E-state index contributed by atoms with van der Waals surface area (Å²) in [6.07, 6.45) is 3.64. The van der Waals surface area contributed by atoms with Gasteiger partial charge < -0.3 is 9.52 Å². The first kappa shape index (κ1) is 14.1. The lowest BCUT2D eigenvalue weighted by atomic mass is 9.95. The minimum absolute atomic E-state index is 0.323. The number of aromatic carboxylic acids is 1. The van der Waals surface area contributed by atoms with Crippen molar-refractivity contribution in [3.63, 3.8) is 0 Å². The van der Waals surface area contributed by atoms with E-state index in [0.717, 1.165) is 19.0 Å². The van der Waals surface area contributed by atoms with Crippen molar-refractivity contribution < 1.29 is 14.3 Å². The number of rotatable bonds is 4. The first-order valence-electron chi connectivity index (χ1n) is 7.65. The highest BCUT2D eigenvalue weighted by molar-refractivity contribution is 6.03. The van der Waals surface area contributed by atoms with Gasteiger partial charge in [0.25, 0.3) is 0 Å². The number of hydrogen-bond acceptors (Lipinski definition) is 3. The van der Waals surface area contributed by atoms with E-state index in [1.807, 2.05) is 24.3 Å². The summed E-state index contributed by atoms with van der Waals surface area (Å²) in [5.41, 5.74) is 0.984. The molecule has 0 bridgehead atoms. The lowest BCUT2D eigenvalue weighted by Crippen LogP contribution is -2.34. The van der Waals surface area contributed by atoms with Crippen molar-refractivity contribution in [1.82, 2.24) is 4.90 Å². The van der Waals surface area contributed by atoms with Gasteiger partial charge in [0.1, 0.15) is 16.9 Å². The molecule has 0 aliphatic carbocycles. The molecule has 1 aliphatic heterocycles. The highest BCUT2D eigenvalue weighted by Crippen LogP contribution is 2.28. The predicted octanol–water partition coefficient (Wildman–Crippen LogP) is 3.75. The molecule has 3 rings (SSSR count). The van der Waals surface area contributed by atoms with Gasteiger partial charge in [-0.2, -0.15) is 0 Å². The van der Waals surface area contributed by atoms with Crippen molar-refractivity contribution >= 4 is 16.9 Å². The van der Waals surface area contributed by atoms with Crippen LogP contribution in [0.4, 0.5) is 0 Å². The van der Waals surface area contributed by atoms with Crippen molar-refractivity contribution in [2.45, 2.75) is 32.7 Å². The highest BCUT2D eigenvalue weighted by Gasteiger charge is 2.24. The maximum atomic E-state index is 11.6. The molecule has 2 heterocycles. The Morgan fingerprint density at radius 1 is 1.43 bits per heavy atom. The van der Waals surface area contributed by atoms with Crippen LogP contribution in [0.1, 0.15) is 42.3 Å². The number of carboxylic acids is 1. The zero-order valence-electron chi connectivity index (χ0n) is 12.3. The summed E-state index contributed by atoms with van der Waals surface area (Å²) < 4.78 is 5.81. The zero-order chi connectivity index (χ0) is 14.8. The van der Waals surface area contributed by atoms with Crippen molar-refractivity contribution in [2.24, 2.45) is 5.92 Å². The van der Waals surface area contributed by atoms with Gasteiger partial charge in [0.05, 0.1) is 6.54 Å². The molecule has 1 aliphatic rings. The van der Waals surface area contributed by atoms with E-state index < -0.39 is 5.97 Å². The molecule has 1 aromatic heterocycles. The molecule has 21 heavy (non-hydrogen) atoms. The van der Waals surface area contributed by atoms with Gasteiger partial charge in [-0.3, -0.25) is 4.90 Å². The number of nitrogens with zero attached hydrogens (tertiary/aromatic N) is 1. The number of carbonyl (C=O) groups is 1. The minimum atomic E-state index is -0.904. The summed E-state index contributed by atoms with van der Waals surface area (Å²) in [7, 11) is 0. The summed E-state index contributed by atoms with van der Waals surface area (Å²) in [6, 6.07) is 7.37. The van der Waals surface area contributed by atoms with Gasteiger partial charge in [-0.1, -0.05) is 31.5 Å². The first-order chi connectivity index (χ1) is 10.2. The molecular formula is C17H21NO3. The maximum Gasteiger partial charge on any atom is 0.339 e. The fourth-order valence-electron chi connectivity index (χ4n) is 3.27. The second-order valence-corrected chi connectivity index (χ2v) is 5.85. The second kappa shape index (κ2) is 5.90. The Morgan fingerprint density at radius 2 is 2.24 bits per heavy atom. The molecule has 0 saturated carbocycles. The van der Waals surface area contributed by atoms with E-state index in [-0.39, 0.29) is 0 Å².